The quantitative estimate of drug-likeness (QED) is 0.875. The SMILES string of the molecule is Cc1cnc2c(c1)nc(SCC(=O)O)n2C(C)C(C)(C)C. The average Bonchev–Trinajstić information content (AvgIpc) is 2.71. The number of imidazole rings is 1. The van der Waals surface area contributed by atoms with E-state index < -0.39 is 5.97 Å². The molecule has 114 valence electrons. The number of aliphatic carboxylic acids is 1. The third-order valence-electron chi connectivity index (χ3n) is 3.60. The Morgan fingerprint density at radius 3 is 2.71 bits per heavy atom. The molecule has 6 heteroatoms. The van der Waals surface area contributed by atoms with Crippen molar-refractivity contribution in [1.29, 1.82) is 0 Å². The summed E-state index contributed by atoms with van der Waals surface area (Å²) in [6, 6.07) is 2.15. The summed E-state index contributed by atoms with van der Waals surface area (Å²) in [4.78, 5) is 19.9. The van der Waals surface area contributed by atoms with Crippen molar-refractivity contribution in [2.75, 3.05) is 5.75 Å². The van der Waals surface area contributed by atoms with E-state index in [-0.39, 0.29) is 17.2 Å². The van der Waals surface area contributed by atoms with Crippen LogP contribution >= 0.6 is 11.8 Å². The summed E-state index contributed by atoms with van der Waals surface area (Å²) < 4.78 is 2.06. The van der Waals surface area contributed by atoms with E-state index in [0.29, 0.717) is 5.16 Å². The van der Waals surface area contributed by atoms with E-state index in [1.807, 2.05) is 19.2 Å². The molecule has 0 saturated heterocycles. The first-order chi connectivity index (χ1) is 9.70. The molecule has 0 bridgehead atoms. The van der Waals surface area contributed by atoms with Gasteiger partial charge in [0.25, 0.3) is 0 Å². The minimum absolute atomic E-state index is 0.000826. The van der Waals surface area contributed by atoms with Crippen LogP contribution in [0.25, 0.3) is 11.2 Å². The average molecular weight is 307 g/mol. The van der Waals surface area contributed by atoms with Crippen LogP contribution in [-0.4, -0.2) is 31.4 Å². The first-order valence-electron chi connectivity index (χ1n) is 6.89. The monoisotopic (exact) mass is 307 g/mol. The minimum Gasteiger partial charge on any atom is -0.481 e. The number of carbonyl (C=O) groups is 1. The van der Waals surface area contributed by atoms with Gasteiger partial charge in [-0.1, -0.05) is 32.5 Å². The minimum atomic E-state index is -0.842. The van der Waals surface area contributed by atoms with Gasteiger partial charge in [-0.3, -0.25) is 4.79 Å². The first kappa shape index (κ1) is 15.8. The Morgan fingerprint density at radius 2 is 2.14 bits per heavy atom. The van der Waals surface area contributed by atoms with Crippen LogP contribution in [0, 0.1) is 12.3 Å². The second-order valence-electron chi connectivity index (χ2n) is 6.34. The van der Waals surface area contributed by atoms with Crippen molar-refractivity contribution in [2.45, 2.75) is 45.8 Å². The van der Waals surface area contributed by atoms with Crippen molar-refractivity contribution in [1.82, 2.24) is 14.5 Å². The molecular weight excluding hydrogens is 286 g/mol. The highest BCUT2D eigenvalue weighted by molar-refractivity contribution is 7.99. The van der Waals surface area contributed by atoms with E-state index in [2.05, 4.69) is 42.2 Å². The number of rotatable bonds is 4. The molecule has 0 aliphatic carbocycles. The Bertz CT molecular complexity index is 673. The summed E-state index contributed by atoms with van der Waals surface area (Å²) in [7, 11) is 0. The van der Waals surface area contributed by atoms with Crippen LogP contribution < -0.4 is 0 Å². The summed E-state index contributed by atoms with van der Waals surface area (Å²) in [6.45, 7) is 10.6. The zero-order valence-corrected chi connectivity index (χ0v) is 13.9. The molecule has 1 atom stereocenters. The summed E-state index contributed by atoms with van der Waals surface area (Å²) in [6.07, 6.45) is 1.82. The third-order valence-corrected chi connectivity index (χ3v) is 4.54. The van der Waals surface area contributed by atoms with Crippen LogP contribution in [0.4, 0.5) is 0 Å². The van der Waals surface area contributed by atoms with E-state index in [0.717, 1.165) is 16.7 Å². The maximum atomic E-state index is 10.8. The lowest BCUT2D eigenvalue weighted by atomic mass is 9.88. The fourth-order valence-corrected chi connectivity index (χ4v) is 2.83. The maximum Gasteiger partial charge on any atom is 0.313 e. The van der Waals surface area contributed by atoms with Crippen molar-refractivity contribution < 1.29 is 9.90 Å². The summed E-state index contributed by atoms with van der Waals surface area (Å²) >= 11 is 1.24. The fraction of sp³-hybridized carbons (Fsp3) is 0.533. The number of carboxylic acids is 1. The van der Waals surface area contributed by atoms with Crippen LogP contribution in [-0.2, 0) is 4.79 Å². The van der Waals surface area contributed by atoms with Gasteiger partial charge >= 0.3 is 5.97 Å². The van der Waals surface area contributed by atoms with Gasteiger partial charge in [0.15, 0.2) is 10.8 Å². The molecule has 0 aliphatic rings. The number of hydrogen-bond acceptors (Lipinski definition) is 4. The Hall–Kier alpha value is -1.56. The molecule has 0 aliphatic heterocycles. The van der Waals surface area contributed by atoms with Crippen LogP contribution in [0.1, 0.15) is 39.3 Å². The van der Waals surface area contributed by atoms with Crippen LogP contribution in [0.3, 0.4) is 0 Å². The van der Waals surface area contributed by atoms with Gasteiger partial charge in [-0.05, 0) is 30.9 Å². The smallest absolute Gasteiger partial charge is 0.313 e. The zero-order chi connectivity index (χ0) is 15.8. The second-order valence-corrected chi connectivity index (χ2v) is 7.29. The number of pyridine rings is 1. The number of aromatic nitrogens is 3. The zero-order valence-electron chi connectivity index (χ0n) is 13.0. The van der Waals surface area contributed by atoms with E-state index in [1.54, 1.807) is 0 Å². The highest BCUT2D eigenvalue weighted by Crippen LogP contribution is 2.36. The Kier molecular flexibility index (Phi) is 4.27. The van der Waals surface area contributed by atoms with Crippen molar-refractivity contribution in [2.24, 2.45) is 5.41 Å². The van der Waals surface area contributed by atoms with Crippen LogP contribution in [0.15, 0.2) is 17.4 Å². The molecule has 21 heavy (non-hydrogen) atoms. The number of carboxylic acid groups (broad SMARTS) is 1. The predicted molar refractivity (Wildman–Crippen MR) is 84.8 cm³/mol. The lowest BCUT2D eigenvalue weighted by molar-refractivity contribution is -0.133. The molecule has 2 aromatic rings. The molecule has 1 N–H and O–H groups in total. The van der Waals surface area contributed by atoms with Gasteiger partial charge in [-0.15, -0.1) is 0 Å². The fourth-order valence-electron chi connectivity index (χ4n) is 2.03. The van der Waals surface area contributed by atoms with Crippen LogP contribution in [0.5, 0.6) is 0 Å². The summed E-state index contributed by atoms with van der Waals surface area (Å²) in [5.41, 5.74) is 2.71. The highest BCUT2D eigenvalue weighted by Gasteiger charge is 2.27. The molecule has 0 fully saturated rings. The number of fused-ring (bicyclic) bond motifs is 1. The molecule has 0 amide bonds. The lowest BCUT2D eigenvalue weighted by Gasteiger charge is -2.29. The van der Waals surface area contributed by atoms with E-state index >= 15 is 0 Å². The lowest BCUT2D eigenvalue weighted by Crippen LogP contribution is -2.22. The van der Waals surface area contributed by atoms with Crippen LogP contribution in [0.2, 0.25) is 0 Å². The first-order valence-corrected chi connectivity index (χ1v) is 7.88. The van der Waals surface area contributed by atoms with Gasteiger partial charge in [-0.25, -0.2) is 9.97 Å². The van der Waals surface area contributed by atoms with Crippen molar-refractivity contribution in [3.05, 3.63) is 17.8 Å². The van der Waals surface area contributed by atoms with E-state index in [1.165, 1.54) is 11.8 Å². The second kappa shape index (κ2) is 5.67. The number of aryl methyl sites for hydroxylation is 1. The normalized spacial score (nSPS) is 13.6. The summed E-state index contributed by atoms with van der Waals surface area (Å²) in [5, 5.41) is 9.63. The van der Waals surface area contributed by atoms with Crippen molar-refractivity contribution in [3.63, 3.8) is 0 Å². The highest BCUT2D eigenvalue weighted by atomic mass is 32.2. The standard InChI is InChI=1S/C15H21N3O2S/c1-9-6-11-13(16-7-9)18(10(2)15(3,4)5)14(17-11)21-8-12(19)20/h6-7,10H,8H2,1-5H3,(H,19,20). The predicted octanol–water partition coefficient (Wildman–Crippen LogP) is 3.52. The van der Waals surface area contributed by atoms with Gasteiger partial charge in [-0.2, -0.15) is 0 Å². The molecule has 1 unspecified atom stereocenters. The van der Waals surface area contributed by atoms with Gasteiger partial charge in [0.1, 0.15) is 5.52 Å². The largest absolute Gasteiger partial charge is 0.481 e. The van der Waals surface area contributed by atoms with Gasteiger partial charge in [0, 0.05) is 12.2 Å². The molecule has 0 spiro atoms. The number of hydrogen-bond donors (Lipinski definition) is 1. The molecule has 5 nitrogen and oxygen atoms in total. The van der Waals surface area contributed by atoms with Gasteiger partial charge < -0.3 is 9.67 Å². The molecule has 2 aromatic heterocycles. The van der Waals surface area contributed by atoms with E-state index in [4.69, 9.17) is 5.11 Å². The molecule has 2 heterocycles. The van der Waals surface area contributed by atoms with Gasteiger partial charge in [0.2, 0.25) is 0 Å². The number of thioether (sulfide) groups is 1. The number of nitrogens with zero attached hydrogens (tertiary/aromatic N) is 3. The third kappa shape index (κ3) is 3.37. The van der Waals surface area contributed by atoms with Crippen molar-refractivity contribution in [3.8, 4) is 0 Å². The Balaban J connectivity index is 2.57. The van der Waals surface area contributed by atoms with Gasteiger partial charge in [0.05, 0.1) is 5.75 Å². The molecule has 0 radical (unpaired) electrons. The molecule has 0 saturated carbocycles. The summed E-state index contributed by atoms with van der Waals surface area (Å²) in [5.74, 6) is -0.842. The molecule has 0 aromatic carbocycles. The van der Waals surface area contributed by atoms with E-state index in [9.17, 15) is 4.79 Å². The molecule has 2 rings (SSSR count). The van der Waals surface area contributed by atoms with Crippen molar-refractivity contribution >= 4 is 28.9 Å². The topological polar surface area (TPSA) is 68.0 Å². The Labute approximate surface area is 128 Å². The Morgan fingerprint density at radius 1 is 1.48 bits per heavy atom. The molecular formula is C15H21N3O2S. The maximum absolute atomic E-state index is 10.8.